The summed E-state index contributed by atoms with van der Waals surface area (Å²) in [6, 6.07) is 0. The number of hydrogen-bond acceptors (Lipinski definition) is 6. The summed E-state index contributed by atoms with van der Waals surface area (Å²) in [4.78, 5) is 23.1. The third kappa shape index (κ3) is 54.7. The zero-order valence-electron chi connectivity index (χ0n) is 44.4. The van der Waals surface area contributed by atoms with E-state index in [4.69, 9.17) is 18.5 Å². The van der Waals surface area contributed by atoms with Gasteiger partial charge in [0.25, 0.3) is 0 Å². The van der Waals surface area contributed by atoms with Crippen molar-refractivity contribution in [2.75, 3.05) is 54.1 Å². The first-order valence-electron chi connectivity index (χ1n) is 27.7. The van der Waals surface area contributed by atoms with Crippen molar-refractivity contribution in [3.8, 4) is 0 Å². The maximum atomic E-state index is 12.8. The van der Waals surface area contributed by atoms with Gasteiger partial charge in [-0.25, -0.2) is 4.57 Å². The molecule has 0 bridgehead atoms. The molecule has 0 aliphatic carbocycles. The molecule has 2 unspecified atom stereocenters. The number of phosphoric ester groups is 1. The minimum Gasteiger partial charge on any atom is -0.457 e. The minimum absolute atomic E-state index is 0.0842. The third-order valence-electron chi connectivity index (χ3n) is 11.8. The van der Waals surface area contributed by atoms with Gasteiger partial charge in [-0.2, -0.15) is 0 Å². The monoisotopic (exact) mass is 961 g/mol. The van der Waals surface area contributed by atoms with E-state index in [1.165, 1.54) is 148 Å². The smallest absolute Gasteiger partial charge is 0.457 e. The number of esters is 1. The fourth-order valence-electron chi connectivity index (χ4n) is 7.52. The number of unbranched alkanes of at least 4 members (excludes halogenated alkanes) is 25. The Balaban J connectivity index is 4.12. The SMILES string of the molecule is CC/C=C\C/C=C\C/C=C\C/C=C\CCCCCCCCCCCOCC(COP(=O)(O)OCC[N+](C)(C)C)OC(=O)CCCCCCCCCCCCC/C=C\C/C=C\CCCCCCC. The molecule has 0 aliphatic heterocycles. The molecule has 0 aromatic rings. The number of allylic oxidation sites excluding steroid dienone is 12. The van der Waals surface area contributed by atoms with Gasteiger partial charge in [0.2, 0.25) is 0 Å². The van der Waals surface area contributed by atoms with E-state index >= 15 is 0 Å². The van der Waals surface area contributed by atoms with Crippen molar-refractivity contribution < 1.29 is 37.3 Å². The molecule has 0 spiro atoms. The number of likely N-dealkylation sites (N-methyl/N-ethyl adjacent to an activating group) is 1. The normalized spacial score (nSPS) is 14.1. The van der Waals surface area contributed by atoms with E-state index in [9.17, 15) is 14.3 Å². The molecule has 0 radical (unpaired) electrons. The average molecular weight is 961 g/mol. The number of nitrogens with zero attached hydrogens (tertiary/aromatic N) is 1. The summed E-state index contributed by atoms with van der Waals surface area (Å²) in [5.41, 5.74) is 0. The maximum Gasteiger partial charge on any atom is 0.472 e. The maximum absolute atomic E-state index is 12.8. The predicted octanol–water partition coefficient (Wildman–Crippen LogP) is 17.4. The highest BCUT2D eigenvalue weighted by molar-refractivity contribution is 7.47. The van der Waals surface area contributed by atoms with Crippen LogP contribution in [0.4, 0.5) is 0 Å². The highest BCUT2D eigenvalue weighted by atomic mass is 31.2. The topological polar surface area (TPSA) is 91.3 Å². The van der Waals surface area contributed by atoms with Crippen LogP contribution in [0.3, 0.4) is 0 Å². The molecular formula is C58H107NO7P+. The van der Waals surface area contributed by atoms with E-state index in [-0.39, 0.29) is 25.8 Å². The van der Waals surface area contributed by atoms with Crippen molar-refractivity contribution >= 4 is 13.8 Å². The van der Waals surface area contributed by atoms with Gasteiger partial charge < -0.3 is 18.9 Å². The van der Waals surface area contributed by atoms with Crippen molar-refractivity contribution in [3.05, 3.63) is 72.9 Å². The molecule has 0 fully saturated rings. The van der Waals surface area contributed by atoms with Crippen LogP contribution in [-0.4, -0.2) is 75.6 Å². The molecule has 390 valence electrons. The minimum atomic E-state index is -4.29. The van der Waals surface area contributed by atoms with E-state index in [0.717, 1.165) is 64.2 Å². The first kappa shape index (κ1) is 64.9. The first-order valence-corrected chi connectivity index (χ1v) is 29.2. The number of phosphoric acid groups is 1. The molecule has 8 nitrogen and oxygen atoms in total. The number of rotatable bonds is 51. The summed E-state index contributed by atoms with van der Waals surface area (Å²) in [6.45, 7) is 5.50. The van der Waals surface area contributed by atoms with Crippen LogP contribution < -0.4 is 0 Å². The predicted molar refractivity (Wildman–Crippen MR) is 288 cm³/mol. The Bertz CT molecular complexity index is 1300. The first-order chi connectivity index (χ1) is 32.6. The highest BCUT2D eigenvalue weighted by Gasteiger charge is 2.26. The number of hydrogen-bond donors (Lipinski definition) is 1. The number of carbonyl (C=O) groups is 1. The number of carbonyl (C=O) groups excluding carboxylic acids is 1. The lowest BCUT2D eigenvalue weighted by Gasteiger charge is -2.24. The summed E-state index contributed by atoms with van der Waals surface area (Å²) in [5.74, 6) is -0.318. The molecule has 9 heteroatoms. The molecule has 0 saturated heterocycles. The van der Waals surface area contributed by atoms with Crippen molar-refractivity contribution in [2.45, 2.75) is 238 Å². The largest absolute Gasteiger partial charge is 0.472 e. The molecule has 0 rings (SSSR count). The Labute approximate surface area is 414 Å². The average Bonchev–Trinajstić information content (AvgIpc) is 3.29. The highest BCUT2D eigenvalue weighted by Crippen LogP contribution is 2.43. The van der Waals surface area contributed by atoms with Gasteiger partial charge in [0, 0.05) is 13.0 Å². The Hall–Kier alpha value is -2.06. The van der Waals surface area contributed by atoms with Gasteiger partial charge in [-0.15, -0.1) is 0 Å². The Morgan fingerprint density at radius 2 is 0.866 bits per heavy atom. The van der Waals surface area contributed by atoms with Gasteiger partial charge in [-0.1, -0.05) is 215 Å². The fourth-order valence-corrected chi connectivity index (χ4v) is 8.26. The second-order valence-electron chi connectivity index (χ2n) is 19.6. The van der Waals surface area contributed by atoms with E-state index < -0.39 is 13.9 Å². The van der Waals surface area contributed by atoms with Gasteiger partial charge in [-0.3, -0.25) is 13.8 Å². The van der Waals surface area contributed by atoms with Gasteiger partial charge in [0.15, 0.2) is 0 Å². The van der Waals surface area contributed by atoms with Crippen molar-refractivity contribution in [2.24, 2.45) is 0 Å². The van der Waals surface area contributed by atoms with Crippen LogP contribution in [0.2, 0.25) is 0 Å². The zero-order valence-corrected chi connectivity index (χ0v) is 45.3. The summed E-state index contributed by atoms with van der Waals surface area (Å²) < 4.78 is 35.2. The van der Waals surface area contributed by atoms with Crippen molar-refractivity contribution in [3.63, 3.8) is 0 Å². The van der Waals surface area contributed by atoms with Crippen LogP contribution in [0.1, 0.15) is 232 Å². The van der Waals surface area contributed by atoms with Gasteiger partial charge in [-0.05, 0) is 83.5 Å². The molecule has 2 atom stereocenters. The summed E-state index contributed by atoms with van der Waals surface area (Å²) in [7, 11) is 1.66. The molecule has 0 amide bonds. The van der Waals surface area contributed by atoms with Gasteiger partial charge in [0.1, 0.15) is 19.3 Å². The van der Waals surface area contributed by atoms with E-state index in [0.29, 0.717) is 24.1 Å². The molecule has 0 aromatic carbocycles. The van der Waals surface area contributed by atoms with Crippen LogP contribution in [0.5, 0.6) is 0 Å². The van der Waals surface area contributed by atoms with Gasteiger partial charge in [0.05, 0.1) is 34.4 Å². The van der Waals surface area contributed by atoms with Crippen LogP contribution >= 0.6 is 7.82 Å². The third-order valence-corrected chi connectivity index (χ3v) is 12.7. The van der Waals surface area contributed by atoms with Crippen LogP contribution in [0.15, 0.2) is 72.9 Å². The molecule has 67 heavy (non-hydrogen) atoms. The van der Waals surface area contributed by atoms with Crippen LogP contribution in [0.25, 0.3) is 0 Å². The zero-order chi connectivity index (χ0) is 49.0. The fraction of sp³-hybridized carbons (Fsp3) is 0.776. The number of quaternary nitrogens is 1. The van der Waals surface area contributed by atoms with E-state index in [2.05, 4.69) is 86.8 Å². The Kier molecular flexibility index (Phi) is 48.8. The Morgan fingerprint density at radius 3 is 1.30 bits per heavy atom. The standard InChI is InChI=1S/C58H106NO7P/c1-6-8-10-12-14-16-18-20-22-24-26-28-30-31-33-35-37-39-41-43-45-47-49-51-58(60)66-57(56-65-67(61,62)64-54-52-59(3,4)5)55-63-53-50-48-46-44-42-40-38-36-34-32-29-27-25-23-21-19-17-15-13-11-9-7-2/h9,11,15,17-18,20-21,23-24,26-27,29,57H,6-8,10,12-14,16,19,22,25,28,30-56H2,1-5H3/p+1/b11-9-,17-15-,20-18-,23-21-,26-24-,29-27-. The second-order valence-corrected chi connectivity index (χ2v) is 21.0. The van der Waals surface area contributed by atoms with E-state index in [1.54, 1.807) is 0 Å². The molecule has 0 aliphatic rings. The lowest BCUT2D eigenvalue weighted by molar-refractivity contribution is -0.870. The molecule has 0 aromatic heterocycles. The lowest BCUT2D eigenvalue weighted by Crippen LogP contribution is -2.37. The summed E-state index contributed by atoms with van der Waals surface area (Å²) in [5, 5.41) is 0. The quantitative estimate of drug-likeness (QED) is 0.0213. The lowest BCUT2D eigenvalue weighted by atomic mass is 10.0. The van der Waals surface area contributed by atoms with Crippen LogP contribution in [0, 0.1) is 0 Å². The molecule has 1 N–H and O–H groups in total. The van der Waals surface area contributed by atoms with Crippen molar-refractivity contribution in [1.82, 2.24) is 0 Å². The van der Waals surface area contributed by atoms with Crippen LogP contribution in [-0.2, 0) is 27.9 Å². The second kappa shape index (κ2) is 50.3. The summed E-state index contributed by atoms with van der Waals surface area (Å²) >= 11 is 0. The van der Waals surface area contributed by atoms with E-state index in [1.807, 2.05) is 21.1 Å². The summed E-state index contributed by atoms with van der Waals surface area (Å²) in [6.07, 6.45) is 66.7. The number of ether oxygens (including phenoxy) is 2. The van der Waals surface area contributed by atoms with Gasteiger partial charge >= 0.3 is 13.8 Å². The molecule has 0 heterocycles. The van der Waals surface area contributed by atoms with Crippen molar-refractivity contribution in [1.29, 1.82) is 0 Å². The Morgan fingerprint density at radius 1 is 0.478 bits per heavy atom. The molecule has 0 saturated carbocycles. The molecular weight excluding hydrogens is 854 g/mol.